The van der Waals surface area contributed by atoms with Crippen molar-refractivity contribution in [2.45, 2.75) is 18.9 Å². The van der Waals surface area contributed by atoms with Gasteiger partial charge in [-0.2, -0.15) is 0 Å². The Kier molecular flexibility index (Phi) is 2.93. The van der Waals surface area contributed by atoms with Gasteiger partial charge in [-0.15, -0.1) is 0 Å². The minimum absolute atomic E-state index is 0.0634. The predicted molar refractivity (Wildman–Crippen MR) is 62.0 cm³/mol. The Labute approximate surface area is 90.6 Å². The summed E-state index contributed by atoms with van der Waals surface area (Å²) in [5.41, 5.74) is 8.17. The molecule has 0 radical (unpaired) electrons. The molecule has 82 valence electrons. The highest BCUT2D eigenvalue weighted by molar-refractivity contribution is 5.52. The molecule has 1 aromatic rings. The fourth-order valence-corrected chi connectivity index (χ4v) is 1.92. The van der Waals surface area contributed by atoms with Crippen LogP contribution >= 0.6 is 0 Å². The van der Waals surface area contributed by atoms with Crippen LogP contribution in [0.25, 0.3) is 0 Å². The number of benzene rings is 1. The van der Waals surface area contributed by atoms with Crippen LogP contribution in [0.2, 0.25) is 0 Å². The standard InChI is InChI=1S/C12H18N2O/c1-10-4-2-3-5-11(10)14-12(8-13)6-7-15-9-12/h2-5,14H,6-9,13H2,1H3. The molecule has 15 heavy (non-hydrogen) atoms. The van der Waals surface area contributed by atoms with E-state index in [2.05, 4.69) is 24.4 Å². The normalized spacial score (nSPS) is 25.5. The van der Waals surface area contributed by atoms with Gasteiger partial charge in [-0.05, 0) is 25.0 Å². The van der Waals surface area contributed by atoms with Crippen LogP contribution in [-0.2, 0) is 4.74 Å². The van der Waals surface area contributed by atoms with Gasteiger partial charge in [0.1, 0.15) is 0 Å². The van der Waals surface area contributed by atoms with Crippen LogP contribution in [0.3, 0.4) is 0 Å². The maximum Gasteiger partial charge on any atom is 0.0750 e. The molecular formula is C12H18N2O. The Bertz CT molecular complexity index is 332. The quantitative estimate of drug-likeness (QED) is 0.788. The van der Waals surface area contributed by atoms with Crippen molar-refractivity contribution in [3.05, 3.63) is 29.8 Å². The third kappa shape index (κ3) is 2.13. The van der Waals surface area contributed by atoms with Gasteiger partial charge in [-0.1, -0.05) is 18.2 Å². The van der Waals surface area contributed by atoms with Crippen molar-refractivity contribution in [1.29, 1.82) is 0 Å². The zero-order valence-corrected chi connectivity index (χ0v) is 9.12. The summed E-state index contributed by atoms with van der Waals surface area (Å²) in [6.45, 7) is 4.22. The van der Waals surface area contributed by atoms with Crippen molar-refractivity contribution in [3.63, 3.8) is 0 Å². The Hall–Kier alpha value is -1.06. The first kappa shape index (κ1) is 10.5. The summed E-state index contributed by atoms with van der Waals surface area (Å²) in [5.74, 6) is 0. The number of nitrogens with one attached hydrogen (secondary N) is 1. The van der Waals surface area contributed by atoms with Crippen molar-refractivity contribution >= 4 is 5.69 Å². The molecule has 0 saturated carbocycles. The summed E-state index contributed by atoms with van der Waals surface area (Å²) in [6, 6.07) is 8.27. The first-order chi connectivity index (χ1) is 7.26. The number of ether oxygens (including phenoxy) is 1. The Balaban J connectivity index is 2.16. The molecule has 1 unspecified atom stereocenters. The van der Waals surface area contributed by atoms with Gasteiger partial charge in [0.2, 0.25) is 0 Å². The fraction of sp³-hybridized carbons (Fsp3) is 0.500. The van der Waals surface area contributed by atoms with Gasteiger partial charge in [0.15, 0.2) is 0 Å². The second kappa shape index (κ2) is 4.21. The van der Waals surface area contributed by atoms with Crippen molar-refractivity contribution in [2.24, 2.45) is 5.73 Å². The number of anilines is 1. The minimum atomic E-state index is -0.0634. The summed E-state index contributed by atoms with van der Waals surface area (Å²) in [5, 5.41) is 3.52. The molecule has 1 atom stereocenters. The van der Waals surface area contributed by atoms with Crippen LogP contribution < -0.4 is 11.1 Å². The molecule has 0 amide bonds. The summed E-state index contributed by atoms with van der Waals surface area (Å²) in [4.78, 5) is 0. The number of para-hydroxylation sites is 1. The van der Waals surface area contributed by atoms with E-state index in [9.17, 15) is 0 Å². The fourth-order valence-electron chi connectivity index (χ4n) is 1.92. The van der Waals surface area contributed by atoms with E-state index in [4.69, 9.17) is 10.5 Å². The summed E-state index contributed by atoms with van der Waals surface area (Å²) in [6.07, 6.45) is 0.984. The van der Waals surface area contributed by atoms with Gasteiger partial charge in [-0.25, -0.2) is 0 Å². The van der Waals surface area contributed by atoms with Crippen molar-refractivity contribution in [1.82, 2.24) is 0 Å². The van der Waals surface area contributed by atoms with E-state index in [1.165, 1.54) is 5.56 Å². The maximum atomic E-state index is 5.82. The van der Waals surface area contributed by atoms with Gasteiger partial charge in [-0.3, -0.25) is 0 Å². The molecule has 3 nitrogen and oxygen atoms in total. The van der Waals surface area contributed by atoms with Crippen LogP contribution in [0.4, 0.5) is 5.69 Å². The van der Waals surface area contributed by atoms with E-state index >= 15 is 0 Å². The van der Waals surface area contributed by atoms with E-state index in [0.29, 0.717) is 13.2 Å². The largest absolute Gasteiger partial charge is 0.379 e. The van der Waals surface area contributed by atoms with Crippen LogP contribution in [0, 0.1) is 6.92 Å². The average Bonchev–Trinajstić information content (AvgIpc) is 2.71. The first-order valence-electron chi connectivity index (χ1n) is 5.37. The second-order valence-corrected chi connectivity index (χ2v) is 4.23. The monoisotopic (exact) mass is 206 g/mol. The van der Waals surface area contributed by atoms with E-state index < -0.39 is 0 Å². The molecule has 0 bridgehead atoms. The lowest BCUT2D eigenvalue weighted by molar-refractivity contribution is 0.183. The third-order valence-corrected chi connectivity index (χ3v) is 3.04. The van der Waals surface area contributed by atoms with Crippen LogP contribution in [-0.4, -0.2) is 25.3 Å². The summed E-state index contributed by atoms with van der Waals surface area (Å²) < 4.78 is 5.42. The van der Waals surface area contributed by atoms with Gasteiger partial charge in [0.05, 0.1) is 12.1 Å². The number of rotatable bonds is 3. The van der Waals surface area contributed by atoms with E-state index in [1.807, 2.05) is 12.1 Å². The molecule has 0 aromatic heterocycles. The zero-order valence-electron chi connectivity index (χ0n) is 9.12. The van der Waals surface area contributed by atoms with Crippen molar-refractivity contribution < 1.29 is 4.74 Å². The molecule has 1 aliphatic heterocycles. The van der Waals surface area contributed by atoms with E-state index in [-0.39, 0.29) is 5.54 Å². The minimum Gasteiger partial charge on any atom is -0.379 e. The van der Waals surface area contributed by atoms with Crippen molar-refractivity contribution in [2.75, 3.05) is 25.1 Å². The zero-order chi connectivity index (χ0) is 10.7. The van der Waals surface area contributed by atoms with E-state index in [0.717, 1.165) is 18.7 Å². The Morgan fingerprint density at radius 3 is 2.87 bits per heavy atom. The molecule has 1 fully saturated rings. The SMILES string of the molecule is Cc1ccccc1NC1(CN)CCOC1. The van der Waals surface area contributed by atoms with Gasteiger partial charge >= 0.3 is 0 Å². The highest BCUT2D eigenvalue weighted by Gasteiger charge is 2.33. The maximum absolute atomic E-state index is 5.82. The van der Waals surface area contributed by atoms with Gasteiger partial charge in [0, 0.05) is 18.8 Å². The molecule has 0 spiro atoms. The molecule has 3 N–H and O–H groups in total. The lowest BCUT2D eigenvalue weighted by atomic mass is 9.98. The Morgan fingerprint density at radius 1 is 1.47 bits per heavy atom. The summed E-state index contributed by atoms with van der Waals surface area (Å²) >= 11 is 0. The number of nitrogens with two attached hydrogens (primary N) is 1. The Morgan fingerprint density at radius 2 is 2.27 bits per heavy atom. The first-order valence-corrected chi connectivity index (χ1v) is 5.37. The molecule has 1 aliphatic rings. The molecule has 1 heterocycles. The molecular weight excluding hydrogens is 188 g/mol. The summed E-state index contributed by atoms with van der Waals surface area (Å²) in [7, 11) is 0. The number of hydrogen-bond donors (Lipinski definition) is 2. The second-order valence-electron chi connectivity index (χ2n) is 4.23. The number of hydrogen-bond acceptors (Lipinski definition) is 3. The molecule has 1 aromatic carbocycles. The smallest absolute Gasteiger partial charge is 0.0750 e. The predicted octanol–water partition coefficient (Wildman–Crippen LogP) is 1.52. The van der Waals surface area contributed by atoms with Crippen LogP contribution in [0.15, 0.2) is 24.3 Å². The molecule has 2 rings (SSSR count). The molecule has 0 aliphatic carbocycles. The third-order valence-electron chi connectivity index (χ3n) is 3.04. The van der Waals surface area contributed by atoms with Gasteiger partial charge in [0.25, 0.3) is 0 Å². The molecule has 1 saturated heterocycles. The lowest BCUT2D eigenvalue weighted by Gasteiger charge is -2.29. The average molecular weight is 206 g/mol. The number of aryl methyl sites for hydroxylation is 1. The van der Waals surface area contributed by atoms with E-state index in [1.54, 1.807) is 0 Å². The topological polar surface area (TPSA) is 47.3 Å². The highest BCUT2D eigenvalue weighted by atomic mass is 16.5. The van der Waals surface area contributed by atoms with Gasteiger partial charge < -0.3 is 15.8 Å². The van der Waals surface area contributed by atoms with Crippen LogP contribution in [0.1, 0.15) is 12.0 Å². The van der Waals surface area contributed by atoms with Crippen LogP contribution in [0.5, 0.6) is 0 Å². The lowest BCUT2D eigenvalue weighted by Crippen LogP contribution is -2.46. The molecule has 3 heteroatoms. The highest BCUT2D eigenvalue weighted by Crippen LogP contribution is 2.25. The van der Waals surface area contributed by atoms with Crippen molar-refractivity contribution in [3.8, 4) is 0 Å².